The molecule has 1 aliphatic heterocycles. The Morgan fingerprint density at radius 2 is 2.04 bits per heavy atom. The van der Waals surface area contributed by atoms with Crippen LogP contribution in [0.1, 0.15) is 18.5 Å². The fourth-order valence-corrected chi connectivity index (χ4v) is 5.22. The van der Waals surface area contributed by atoms with Crippen LogP contribution in [0.4, 0.5) is 5.13 Å². The van der Waals surface area contributed by atoms with E-state index >= 15 is 0 Å². The highest BCUT2D eigenvalue weighted by molar-refractivity contribution is 7.89. The molecule has 1 unspecified atom stereocenters. The number of nitrogens with two attached hydrogens (primary N) is 1. The van der Waals surface area contributed by atoms with Crippen molar-refractivity contribution in [2.24, 2.45) is 5.73 Å². The van der Waals surface area contributed by atoms with E-state index in [4.69, 9.17) is 5.73 Å². The average Bonchev–Trinajstić information content (AvgIpc) is 3.25. The molecule has 1 fully saturated rings. The first-order valence-corrected chi connectivity index (χ1v) is 10.3. The number of nitrogens with zero attached hydrogens (tertiary/aromatic N) is 2. The smallest absolute Gasteiger partial charge is 0.244 e. The lowest BCUT2D eigenvalue weighted by Crippen LogP contribution is -2.43. The van der Waals surface area contributed by atoms with Crippen molar-refractivity contribution in [1.82, 2.24) is 9.29 Å². The van der Waals surface area contributed by atoms with Gasteiger partial charge in [-0.15, -0.1) is 11.3 Å². The fourth-order valence-electron chi connectivity index (χ4n) is 2.83. The van der Waals surface area contributed by atoms with Gasteiger partial charge in [0.1, 0.15) is 6.04 Å². The molecule has 0 saturated carbocycles. The molecule has 1 saturated heterocycles. The van der Waals surface area contributed by atoms with Gasteiger partial charge in [-0.2, -0.15) is 4.31 Å². The van der Waals surface area contributed by atoms with Crippen LogP contribution >= 0.6 is 11.3 Å². The number of rotatable bonds is 6. The van der Waals surface area contributed by atoms with E-state index in [9.17, 15) is 18.0 Å². The summed E-state index contributed by atoms with van der Waals surface area (Å²) in [6.07, 6.45) is 1.04. The number of carbonyl (C=O) groups is 2. The molecule has 0 radical (unpaired) electrons. The maximum atomic E-state index is 12.8. The molecule has 0 spiro atoms. The van der Waals surface area contributed by atoms with Crippen molar-refractivity contribution in [1.29, 1.82) is 0 Å². The zero-order valence-electron chi connectivity index (χ0n) is 13.8. The fraction of sp³-hybridized carbons (Fsp3) is 0.312. The van der Waals surface area contributed by atoms with E-state index in [1.807, 2.05) is 0 Å². The predicted octanol–water partition coefficient (Wildman–Crippen LogP) is 0.963. The van der Waals surface area contributed by atoms with Crippen molar-refractivity contribution in [3.05, 3.63) is 41.4 Å². The molecule has 2 amide bonds. The number of primary amides is 1. The van der Waals surface area contributed by atoms with Crippen LogP contribution in [-0.2, 0) is 26.0 Å². The van der Waals surface area contributed by atoms with Crippen molar-refractivity contribution < 1.29 is 18.0 Å². The summed E-state index contributed by atoms with van der Waals surface area (Å²) in [6, 6.07) is 7.27. The van der Waals surface area contributed by atoms with Crippen molar-refractivity contribution >= 4 is 38.3 Å². The molecular weight excluding hydrogens is 376 g/mol. The largest absolute Gasteiger partial charge is 0.369 e. The third-order valence-corrected chi connectivity index (χ3v) is 6.72. The molecule has 1 aromatic carbocycles. The van der Waals surface area contributed by atoms with E-state index < -0.39 is 27.9 Å². The Bertz CT molecular complexity index is 911. The summed E-state index contributed by atoms with van der Waals surface area (Å²) in [4.78, 5) is 27.8. The number of carbonyl (C=O) groups excluding carboxylic acids is 2. The molecule has 138 valence electrons. The number of benzene rings is 1. The van der Waals surface area contributed by atoms with Crippen LogP contribution in [0.15, 0.2) is 40.6 Å². The molecule has 3 N–H and O–H groups in total. The van der Waals surface area contributed by atoms with E-state index in [2.05, 4.69) is 10.3 Å². The molecule has 1 aliphatic rings. The number of hydrogen-bond acceptors (Lipinski definition) is 6. The van der Waals surface area contributed by atoms with E-state index in [1.54, 1.807) is 23.6 Å². The maximum absolute atomic E-state index is 12.8. The van der Waals surface area contributed by atoms with Crippen molar-refractivity contribution in [2.45, 2.75) is 30.2 Å². The number of nitrogens with one attached hydrogen (secondary N) is 1. The van der Waals surface area contributed by atoms with Gasteiger partial charge in [-0.25, -0.2) is 13.4 Å². The Morgan fingerprint density at radius 1 is 1.31 bits per heavy atom. The normalized spacial score (nSPS) is 17.9. The van der Waals surface area contributed by atoms with Gasteiger partial charge < -0.3 is 11.1 Å². The molecular formula is C16H18N4O4S2. The van der Waals surface area contributed by atoms with Gasteiger partial charge in [0.05, 0.1) is 17.0 Å². The first-order valence-electron chi connectivity index (χ1n) is 7.98. The van der Waals surface area contributed by atoms with E-state index in [1.165, 1.54) is 16.4 Å². The molecule has 3 rings (SSSR count). The van der Waals surface area contributed by atoms with Crippen molar-refractivity contribution in [2.75, 3.05) is 11.9 Å². The van der Waals surface area contributed by atoms with E-state index in [0.29, 0.717) is 30.2 Å². The quantitative estimate of drug-likeness (QED) is 0.756. The SMILES string of the molecule is NC(=O)Cc1csc(NC(=O)C2CCCN2S(=O)(=O)c2ccccc2)n1. The molecule has 1 aromatic heterocycles. The van der Waals surface area contributed by atoms with Crippen LogP contribution in [0.5, 0.6) is 0 Å². The van der Waals surface area contributed by atoms with Crippen LogP contribution in [0.25, 0.3) is 0 Å². The lowest BCUT2D eigenvalue weighted by atomic mass is 10.2. The molecule has 2 heterocycles. The summed E-state index contributed by atoms with van der Waals surface area (Å²) < 4.78 is 26.8. The van der Waals surface area contributed by atoms with Gasteiger partial charge in [0.15, 0.2) is 5.13 Å². The Morgan fingerprint density at radius 3 is 2.73 bits per heavy atom. The highest BCUT2D eigenvalue weighted by Gasteiger charge is 2.39. The van der Waals surface area contributed by atoms with E-state index in [0.717, 1.165) is 11.3 Å². The molecule has 0 aliphatic carbocycles. The second-order valence-corrected chi connectivity index (χ2v) is 8.61. The highest BCUT2D eigenvalue weighted by atomic mass is 32.2. The number of hydrogen-bond donors (Lipinski definition) is 2. The minimum atomic E-state index is -3.74. The van der Waals surface area contributed by atoms with Crippen LogP contribution < -0.4 is 11.1 Å². The summed E-state index contributed by atoms with van der Waals surface area (Å²) in [7, 11) is -3.74. The summed E-state index contributed by atoms with van der Waals surface area (Å²) >= 11 is 1.16. The number of thiazole rings is 1. The Balaban J connectivity index is 1.74. The monoisotopic (exact) mass is 394 g/mol. The summed E-state index contributed by atoms with van der Waals surface area (Å²) in [5.74, 6) is -0.939. The van der Waals surface area contributed by atoms with Gasteiger partial charge in [-0.1, -0.05) is 18.2 Å². The molecule has 2 aromatic rings. The molecule has 10 heteroatoms. The number of sulfonamides is 1. The summed E-state index contributed by atoms with van der Waals surface area (Å²) in [5.41, 5.74) is 5.59. The first kappa shape index (κ1) is 18.5. The molecule has 0 bridgehead atoms. The summed E-state index contributed by atoms with van der Waals surface area (Å²) in [6.45, 7) is 0.292. The third-order valence-electron chi connectivity index (χ3n) is 3.99. The molecule has 8 nitrogen and oxygen atoms in total. The lowest BCUT2D eigenvalue weighted by molar-refractivity contribution is -0.119. The minimum Gasteiger partial charge on any atom is -0.369 e. The highest BCUT2D eigenvalue weighted by Crippen LogP contribution is 2.27. The van der Waals surface area contributed by atoms with Crippen molar-refractivity contribution in [3.63, 3.8) is 0 Å². The number of aromatic nitrogens is 1. The summed E-state index contributed by atoms with van der Waals surface area (Å²) in [5, 5.41) is 4.59. The zero-order chi connectivity index (χ0) is 18.7. The topological polar surface area (TPSA) is 122 Å². The van der Waals surface area contributed by atoms with Gasteiger partial charge in [0.25, 0.3) is 0 Å². The van der Waals surface area contributed by atoms with Gasteiger partial charge in [0.2, 0.25) is 21.8 Å². The average molecular weight is 394 g/mol. The maximum Gasteiger partial charge on any atom is 0.244 e. The van der Waals surface area contributed by atoms with Crippen LogP contribution in [0.3, 0.4) is 0 Å². The van der Waals surface area contributed by atoms with Crippen LogP contribution in [0, 0.1) is 0 Å². The van der Waals surface area contributed by atoms with Gasteiger partial charge in [-0.3, -0.25) is 9.59 Å². The van der Waals surface area contributed by atoms with Gasteiger partial charge >= 0.3 is 0 Å². The Labute approximate surface area is 155 Å². The Kier molecular flexibility index (Phi) is 5.35. The second kappa shape index (κ2) is 7.52. The zero-order valence-corrected chi connectivity index (χ0v) is 15.4. The van der Waals surface area contributed by atoms with Crippen LogP contribution in [0.2, 0.25) is 0 Å². The van der Waals surface area contributed by atoms with E-state index in [-0.39, 0.29) is 11.3 Å². The minimum absolute atomic E-state index is 0.00961. The predicted molar refractivity (Wildman–Crippen MR) is 97.0 cm³/mol. The third kappa shape index (κ3) is 3.92. The first-order chi connectivity index (χ1) is 12.4. The standard InChI is InChI=1S/C16H18N4O4S2/c17-14(21)9-11-10-25-16(18-11)19-15(22)13-7-4-8-20(13)26(23,24)12-5-2-1-3-6-12/h1-3,5-6,10,13H,4,7-9H2,(H2,17,21)(H,18,19,22). The second-order valence-electron chi connectivity index (χ2n) is 5.86. The van der Waals surface area contributed by atoms with Crippen LogP contribution in [-0.4, -0.2) is 42.1 Å². The van der Waals surface area contributed by atoms with Crippen molar-refractivity contribution in [3.8, 4) is 0 Å². The number of amides is 2. The lowest BCUT2D eigenvalue weighted by Gasteiger charge is -2.23. The molecule has 1 atom stereocenters. The molecule has 26 heavy (non-hydrogen) atoms. The van der Waals surface area contributed by atoms with Gasteiger partial charge in [0, 0.05) is 11.9 Å². The Hall–Kier alpha value is -2.30. The number of anilines is 1. The van der Waals surface area contributed by atoms with Gasteiger partial charge in [-0.05, 0) is 25.0 Å².